The van der Waals surface area contributed by atoms with E-state index in [9.17, 15) is 14.4 Å². The van der Waals surface area contributed by atoms with Crippen molar-refractivity contribution in [2.75, 3.05) is 0 Å². The summed E-state index contributed by atoms with van der Waals surface area (Å²) < 4.78 is 5.59. The highest BCUT2D eigenvalue weighted by molar-refractivity contribution is 6.08. The first-order valence-corrected chi connectivity index (χ1v) is 8.62. The number of urea groups is 1. The fourth-order valence-electron chi connectivity index (χ4n) is 3.36. The van der Waals surface area contributed by atoms with Gasteiger partial charge in [0, 0.05) is 0 Å². The zero-order chi connectivity index (χ0) is 18.0. The van der Waals surface area contributed by atoms with Crippen molar-refractivity contribution in [1.82, 2.24) is 15.8 Å². The maximum Gasteiger partial charge on any atom is 0.344 e. The number of carbonyl (C=O) groups is 3. The van der Waals surface area contributed by atoms with E-state index in [-0.39, 0.29) is 5.91 Å². The monoisotopic (exact) mass is 345 g/mol. The standard InChI is InChI=1S/C18H23N3O4/c1-12-7-6-8-14(11-12)25-13(2)15(22)20-21-16(23)18(19-17(21)24)9-4-3-5-10-18/h6-8,11,13H,3-5,9-10H2,1-2H3,(H,19,24)(H,20,22). The van der Waals surface area contributed by atoms with Crippen LogP contribution in [0.5, 0.6) is 5.75 Å². The van der Waals surface area contributed by atoms with Gasteiger partial charge in [-0.25, -0.2) is 4.79 Å². The quantitative estimate of drug-likeness (QED) is 0.818. The van der Waals surface area contributed by atoms with Crippen molar-refractivity contribution in [2.45, 2.75) is 57.6 Å². The summed E-state index contributed by atoms with van der Waals surface area (Å²) in [5, 5.41) is 3.55. The normalized spacial score (nSPS) is 20.3. The third-order valence-electron chi connectivity index (χ3n) is 4.76. The maximum atomic E-state index is 12.6. The molecular weight excluding hydrogens is 322 g/mol. The van der Waals surface area contributed by atoms with Crippen LogP contribution < -0.4 is 15.5 Å². The molecule has 1 heterocycles. The zero-order valence-corrected chi connectivity index (χ0v) is 14.5. The summed E-state index contributed by atoms with van der Waals surface area (Å²) in [7, 11) is 0. The van der Waals surface area contributed by atoms with Crippen LogP contribution in [0.3, 0.4) is 0 Å². The van der Waals surface area contributed by atoms with E-state index >= 15 is 0 Å². The van der Waals surface area contributed by atoms with Crippen LogP contribution >= 0.6 is 0 Å². The molecule has 7 nitrogen and oxygen atoms in total. The molecule has 1 aliphatic heterocycles. The number of aryl methyl sites for hydroxylation is 1. The van der Waals surface area contributed by atoms with E-state index < -0.39 is 23.6 Å². The Hall–Kier alpha value is -2.57. The fraction of sp³-hybridized carbons (Fsp3) is 0.500. The molecule has 1 saturated carbocycles. The largest absolute Gasteiger partial charge is 0.481 e. The van der Waals surface area contributed by atoms with Gasteiger partial charge in [-0.05, 0) is 44.4 Å². The minimum absolute atomic E-state index is 0.381. The molecule has 4 amide bonds. The number of imide groups is 1. The number of hydrogen-bond acceptors (Lipinski definition) is 4. The molecule has 25 heavy (non-hydrogen) atoms. The molecule has 1 aromatic carbocycles. The van der Waals surface area contributed by atoms with Crippen LogP contribution in [0, 0.1) is 6.92 Å². The summed E-state index contributed by atoms with van der Waals surface area (Å²) in [5.74, 6) is -0.366. The van der Waals surface area contributed by atoms with Crippen LogP contribution in [0.15, 0.2) is 24.3 Å². The van der Waals surface area contributed by atoms with Gasteiger partial charge in [-0.15, -0.1) is 0 Å². The van der Waals surface area contributed by atoms with Crippen molar-refractivity contribution >= 4 is 17.8 Å². The van der Waals surface area contributed by atoms with Gasteiger partial charge in [0.2, 0.25) is 0 Å². The molecule has 2 aliphatic rings. The average molecular weight is 345 g/mol. The number of benzene rings is 1. The van der Waals surface area contributed by atoms with Crippen molar-refractivity contribution in [3.05, 3.63) is 29.8 Å². The first-order valence-electron chi connectivity index (χ1n) is 8.62. The third-order valence-corrected chi connectivity index (χ3v) is 4.76. The minimum Gasteiger partial charge on any atom is -0.481 e. The second-order valence-electron chi connectivity index (χ2n) is 6.77. The van der Waals surface area contributed by atoms with Crippen LogP contribution in [-0.4, -0.2) is 34.5 Å². The first-order chi connectivity index (χ1) is 11.9. The molecule has 1 aromatic rings. The van der Waals surface area contributed by atoms with Crippen molar-refractivity contribution in [1.29, 1.82) is 0 Å². The van der Waals surface area contributed by atoms with Crippen LogP contribution in [0.2, 0.25) is 0 Å². The Labute approximate surface area is 146 Å². The number of carbonyl (C=O) groups excluding carboxylic acids is 3. The Balaban J connectivity index is 1.64. The lowest BCUT2D eigenvalue weighted by Crippen LogP contribution is -2.53. The molecule has 2 N–H and O–H groups in total. The Kier molecular flexibility index (Phi) is 4.65. The van der Waals surface area contributed by atoms with Crippen molar-refractivity contribution in [3.63, 3.8) is 0 Å². The number of hydrazine groups is 1. The van der Waals surface area contributed by atoms with E-state index in [4.69, 9.17) is 4.74 Å². The predicted molar refractivity (Wildman–Crippen MR) is 90.6 cm³/mol. The van der Waals surface area contributed by atoms with Gasteiger partial charge in [0.1, 0.15) is 11.3 Å². The second-order valence-corrected chi connectivity index (χ2v) is 6.77. The Morgan fingerprint density at radius 2 is 2.00 bits per heavy atom. The fourth-order valence-corrected chi connectivity index (χ4v) is 3.36. The number of nitrogens with zero attached hydrogens (tertiary/aromatic N) is 1. The Morgan fingerprint density at radius 1 is 1.28 bits per heavy atom. The van der Waals surface area contributed by atoms with Crippen LogP contribution in [0.4, 0.5) is 4.79 Å². The van der Waals surface area contributed by atoms with Gasteiger partial charge < -0.3 is 10.1 Å². The predicted octanol–water partition coefficient (Wildman–Crippen LogP) is 2.05. The lowest BCUT2D eigenvalue weighted by molar-refractivity contribution is -0.142. The molecule has 0 radical (unpaired) electrons. The summed E-state index contributed by atoms with van der Waals surface area (Å²) in [6.45, 7) is 3.50. The molecule has 1 aliphatic carbocycles. The van der Waals surface area contributed by atoms with Crippen molar-refractivity contribution in [3.8, 4) is 5.75 Å². The molecule has 1 spiro atoms. The van der Waals surface area contributed by atoms with Gasteiger partial charge in [-0.1, -0.05) is 31.4 Å². The number of amides is 4. The van der Waals surface area contributed by atoms with Gasteiger partial charge in [-0.2, -0.15) is 5.01 Å². The molecule has 0 bridgehead atoms. The number of ether oxygens (including phenoxy) is 1. The molecule has 1 atom stereocenters. The summed E-state index contributed by atoms with van der Waals surface area (Å²) in [4.78, 5) is 37.1. The third kappa shape index (κ3) is 3.45. The number of nitrogens with one attached hydrogen (secondary N) is 2. The van der Waals surface area contributed by atoms with E-state index in [1.165, 1.54) is 0 Å². The molecular formula is C18H23N3O4. The minimum atomic E-state index is -0.858. The zero-order valence-electron chi connectivity index (χ0n) is 14.5. The van der Waals surface area contributed by atoms with Crippen molar-refractivity contribution < 1.29 is 19.1 Å². The SMILES string of the molecule is Cc1cccc(OC(C)C(=O)NN2C(=O)NC3(CCCCC3)C2=O)c1. The molecule has 1 saturated heterocycles. The highest BCUT2D eigenvalue weighted by atomic mass is 16.5. The highest BCUT2D eigenvalue weighted by Crippen LogP contribution is 2.33. The lowest BCUT2D eigenvalue weighted by atomic mass is 9.82. The first kappa shape index (κ1) is 17.3. The van der Waals surface area contributed by atoms with E-state index in [0.29, 0.717) is 18.6 Å². The van der Waals surface area contributed by atoms with Crippen LogP contribution in [0.1, 0.15) is 44.6 Å². The van der Waals surface area contributed by atoms with Gasteiger partial charge in [0.05, 0.1) is 0 Å². The van der Waals surface area contributed by atoms with Gasteiger partial charge >= 0.3 is 6.03 Å². The molecule has 2 fully saturated rings. The Morgan fingerprint density at radius 3 is 2.68 bits per heavy atom. The maximum absolute atomic E-state index is 12.6. The second kappa shape index (κ2) is 6.74. The molecule has 0 aromatic heterocycles. The number of rotatable bonds is 4. The summed E-state index contributed by atoms with van der Waals surface area (Å²) in [5.41, 5.74) is 2.55. The number of hydrogen-bond donors (Lipinski definition) is 2. The topological polar surface area (TPSA) is 87.7 Å². The van der Waals surface area contributed by atoms with Gasteiger partial charge in [0.25, 0.3) is 11.8 Å². The Bertz CT molecular complexity index is 697. The smallest absolute Gasteiger partial charge is 0.344 e. The summed E-state index contributed by atoms with van der Waals surface area (Å²) in [6.07, 6.45) is 3.21. The highest BCUT2D eigenvalue weighted by Gasteiger charge is 2.52. The molecule has 1 unspecified atom stereocenters. The molecule has 3 rings (SSSR count). The van der Waals surface area contributed by atoms with Gasteiger partial charge in [0.15, 0.2) is 6.10 Å². The van der Waals surface area contributed by atoms with Crippen molar-refractivity contribution in [2.24, 2.45) is 0 Å². The average Bonchev–Trinajstić information content (AvgIpc) is 2.79. The summed E-state index contributed by atoms with van der Waals surface area (Å²) >= 11 is 0. The summed E-state index contributed by atoms with van der Waals surface area (Å²) in [6, 6.07) is 6.74. The van der Waals surface area contributed by atoms with Gasteiger partial charge in [-0.3, -0.25) is 15.0 Å². The molecule has 134 valence electrons. The van der Waals surface area contributed by atoms with E-state index in [1.54, 1.807) is 13.0 Å². The lowest BCUT2D eigenvalue weighted by Gasteiger charge is -2.30. The van der Waals surface area contributed by atoms with E-state index in [1.807, 2.05) is 25.1 Å². The van der Waals surface area contributed by atoms with Crippen LogP contribution in [0.25, 0.3) is 0 Å². The molecule has 7 heteroatoms. The van der Waals surface area contributed by atoms with E-state index in [0.717, 1.165) is 29.8 Å². The van der Waals surface area contributed by atoms with Crippen LogP contribution in [-0.2, 0) is 9.59 Å². The van der Waals surface area contributed by atoms with E-state index in [2.05, 4.69) is 10.7 Å².